The number of benzene rings is 1. The maximum absolute atomic E-state index is 5.62. The topological polar surface area (TPSA) is 44.5 Å². The fourth-order valence-electron chi connectivity index (χ4n) is 1.52. The SMILES string of the molecule is CC(=C=CC(C)C)[C@@H](COCc1ccccc1)ON. The van der Waals surface area contributed by atoms with E-state index in [-0.39, 0.29) is 6.10 Å². The molecule has 0 saturated heterocycles. The first-order valence-corrected chi connectivity index (χ1v) is 6.54. The number of rotatable bonds is 7. The first-order chi connectivity index (χ1) is 9.13. The van der Waals surface area contributed by atoms with Gasteiger partial charge in [-0.3, -0.25) is 4.84 Å². The number of hydrogen-bond acceptors (Lipinski definition) is 3. The van der Waals surface area contributed by atoms with Crippen LogP contribution >= 0.6 is 0 Å². The van der Waals surface area contributed by atoms with Crippen LogP contribution in [0.5, 0.6) is 0 Å². The van der Waals surface area contributed by atoms with Crippen molar-refractivity contribution in [2.45, 2.75) is 33.5 Å². The molecule has 3 heteroatoms. The quantitative estimate of drug-likeness (QED) is 0.605. The molecular weight excluding hydrogens is 238 g/mol. The lowest BCUT2D eigenvalue weighted by atomic mass is 10.1. The van der Waals surface area contributed by atoms with Crippen molar-refractivity contribution in [2.24, 2.45) is 11.8 Å². The monoisotopic (exact) mass is 261 g/mol. The van der Waals surface area contributed by atoms with Gasteiger partial charge in [0.1, 0.15) is 6.10 Å². The fourth-order valence-corrected chi connectivity index (χ4v) is 1.52. The Bertz CT molecular complexity index is 420. The maximum atomic E-state index is 5.62. The van der Waals surface area contributed by atoms with Gasteiger partial charge < -0.3 is 4.74 Å². The molecule has 19 heavy (non-hydrogen) atoms. The van der Waals surface area contributed by atoms with Gasteiger partial charge in [-0.25, -0.2) is 5.90 Å². The van der Waals surface area contributed by atoms with Crippen LogP contribution in [-0.4, -0.2) is 12.7 Å². The van der Waals surface area contributed by atoms with E-state index in [1.165, 1.54) is 0 Å². The Hall–Kier alpha value is -1.38. The molecule has 2 N–H and O–H groups in total. The van der Waals surface area contributed by atoms with E-state index in [0.717, 1.165) is 11.1 Å². The largest absolute Gasteiger partial charge is 0.374 e. The number of hydrogen-bond donors (Lipinski definition) is 1. The van der Waals surface area contributed by atoms with Crippen LogP contribution < -0.4 is 5.90 Å². The molecule has 0 aromatic heterocycles. The molecule has 104 valence electrons. The Morgan fingerprint density at radius 2 is 2.00 bits per heavy atom. The van der Waals surface area contributed by atoms with E-state index in [1.54, 1.807) is 0 Å². The maximum Gasteiger partial charge on any atom is 0.130 e. The second-order valence-corrected chi connectivity index (χ2v) is 4.86. The van der Waals surface area contributed by atoms with Crippen molar-refractivity contribution < 1.29 is 9.57 Å². The molecule has 0 saturated carbocycles. The molecule has 3 nitrogen and oxygen atoms in total. The molecule has 0 unspecified atom stereocenters. The molecule has 1 aromatic rings. The molecule has 0 fully saturated rings. The molecule has 1 aromatic carbocycles. The van der Waals surface area contributed by atoms with E-state index in [9.17, 15) is 0 Å². The average Bonchev–Trinajstić information content (AvgIpc) is 2.42. The highest BCUT2D eigenvalue weighted by Gasteiger charge is 2.10. The Morgan fingerprint density at radius 3 is 2.58 bits per heavy atom. The molecule has 0 radical (unpaired) electrons. The summed E-state index contributed by atoms with van der Waals surface area (Å²) >= 11 is 0. The number of ether oxygens (including phenoxy) is 1. The lowest BCUT2D eigenvalue weighted by Gasteiger charge is -2.14. The van der Waals surface area contributed by atoms with Gasteiger partial charge in [0.25, 0.3) is 0 Å². The van der Waals surface area contributed by atoms with Crippen LogP contribution in [0.1, 0.15) is 26.3 Å². The van der Waals surface area contributed by atoms with E-state index < -0.39 is 0 Å². The normalized spacial score (nSPS) is 12.1. The van der Waals surface area contributed by atoms with Gasteiger partial charge in [0, 0.05) is 5.57 Å². The van der Waals surface area contributed by atoms with Crippen molar-refractivity contribution in [2.75, 3.05) is 6.61 Å². The summed E-state index contributed by atoms with van der Waals surface area (Å²) in [6.45, 7) is 7.13. The van der Waals surface area contributed by atoms with Gasteiger partial charge in [-0.05, 0) is 24.5 Å². The third-order valence-electron chi connectivity index (χ3n) is 2.67. The Kier molecular flexibility index (Phi) is 7.16. The second kappa shape index (κ2) is 8.68. The second-order valence-electron chi connectivity index (χ2n) is 4.86. The fraction of sp³-hybridized carbons (Fsp3) is 0.438. The summed E-state index contributed by atoms with van der Waals surface area (Å²) in [6, 6.07) is 10.0. The molecule has 1 rings (SSSR count). The van der Waals surface area contributed by atoms with Gasteiger partial charge >= 0.3 is 0 Å². The van der Waals surface area contributed by atoms with Crippen molar-refractivity contribution in [1.29, 1.82) is 0 Å². The molecule has 0 spiro atoms. The van der Waals surface area contributed by atoms with E-state index in [4.69, 9.17) is 15.5 Å². The minimum Gasteiger partial charge on any atom is -0.374 e. The van der Waals surface area contributed by atoms with Gasteiger partial charge in [-0.15, -0.1) is 5.73 Å². The summed E-state index contributed by atoms with van der Waals surface area (Å²) < 4.78 is 5.62. The lowest BCUT2D eigenvalue weighted by molar-refractivity contribution is -0.00398. The van der Waals surface area contributed by atoms with E-state index in [2.05, 4.69) is 19.6 Å². The Balaban J connectivity index is 2.47. The molecule has 1 atom stereocenters. The van der Waals surface area contributed by atoms with E-state index in [1.807, 2.05) is 43.3 Å². The molecule has 0 aliphatic rings. The van der Waals surface area contributed by atoms with Crippen molar-refractivity contribution in [3.8, 4) is 0 Å². The zero-order valence-electron chi connectivity index (χ0n) is 11.9. The van der Waals surface area contributed by atoms with Crippen molar-refractivity contribution in [3.63, 3.8) is 0 Å². The predicted octanol–water partition coefficient (Wildman–Crippen LogP) is 3.22. The highest BCUT2D eigenvalue weighted by atomic mass is 16.6. The average molecular weight is 261 g/mol. The van der Waals surface area contributed by atoms with Crippen LogP contribution in [0.3, 0.4) is 0 Å². The molecular formula is C16H23NO2. The Morgan fingerprint density at radius 1 is 1.32 bits per heavy atom. The molecule has 0 aliphatic heterocycles. The first kappa shape index (κ1) is 15.7. The molecule has 0 amide bonds. The van der Waals surface area contributed by atoms with Gasteiger partial charge in [0.15, 0.2) is 0 Å². The molecule has 0 aliphatic carbocycles. The third-order valence-corrected chi connectivity index (χ3v) is 2.67. The van der Waals surface area contributed by atoms with Crippen molar-refractivity contribution >= 4 is 0 Å². The minimum absolute atomic E-state index is 0.251. The molecule has 0 heterocycles. The summed E-state index contributed by atoms with van der Waals surface area (Å²) in [6.07, 6.45) is 1.75. The number of nitrogens with two attached hydrogens (primary N) is 1. The van der Waals surface area contributed by atoms with Crippen LogP contribution in [0, 0.1) is 5.92 Å². The highest BCUT2D eigenvalue weighted by Crippen LogP contribution is 2.07. The predicted molar refractivity (Wildman–Crippen MR) is 77.3 cm³/mol. The van der Waals surface area contributed by atoms with Crippen LogP contribution in [-0.2, 0) is 16.2 Å². The first-order valence-electron chi connectivity index (χ1n) is 6.54. The standard InChI is InChI=1S/C16H23NO2/c1-13(2)9-10-14(3)16(19-17)12-18-11-15-7-5-4-6-8-15/h4-9,13,16H,11-12,17H2,1-3H3/t10?,16-/m1/s1. The smallest absolute Gasteiger partial charge is 0.130 e. The van der Waals surface area contributed by atoms with Crippen LogP contribution in [0.15, 0.2) is 47.7 Å². The van der Waals surface area contributed by atoms with E-state index >= 15 is 0 Å². The van der Waals surface area contributed by atoms with Crippen molar-refractivity contribution in [3.05, 3.63) is 53.3 Å². The van der Waals surface area contributed by atoms with Gasteiger partial charge in [0.05, 0.1) is 13.2 Å². The van der Waals surface area contributed by atoms with Crippen LogP contribution in [0.4, 0.5) is 0 Å². The summed E-state index contributed by atoms with van der Waals surface area (Å²) in [5.41, 5.74) is 5.27. The molecule has 0 bridgehead atoms. The summed E-state index contributed by atoms with van der Waals surface area (Å²) in [5, 5.41) is 0. The summed E-state index contributed by atoms with van der Waals surface area (Å²) in [5.74, 6) is 5.76. The van der Waals surface area contributed by atoms with Crippen LogP contribution in [0.25, 0.3) is 0 Å². The van der Waals surface area contributed by atoms with Gasteiger partial charge in [-0.1, -0.05) is 44.2 Å². The summed E-state index contributed by atoms with van der Waals surface area (Å²) in [7, 11) is 0. The summed E-state index contributed by atoms with van der Waals surface area (Å²) in [4.78, 5) is 4.94. The van der Waals surface area contributed by atoms with Crippen LogP contribution in [0.2, 0.25) is 0 Å². The zero-order chi connectivity index (χ0) is 14.1. The van der Waals surface area contributed by atoms with Crippen molar-refractivity contribution in [1.82, 2.24) is 0 Å². The van der Waals surface area contributed by atoms with Gasteiger partial charge in [0.2, 0.25) is 0 Å². The highest BCUT2D eigenvalue weighted by molar-refractivity contribution is 5.13. The Labute approximate surface area is 115 Å². The zero-order valence-corrected chi connectivity index (χ0v) is 11.9. The van der Waals surface area contributed by atoms with E-state index in [0.29, 0.717) is 19.1 Å². The minimum atomic E-state index is -0.251. The third kappa shape index (κ3) is 6.37. The van der Waals surface area contributed by atoms with Gasteiger partial charge in [-0.2, -0.15) is 0 Å². The lowest BCUT2D eigenvalue weighted by Crippen LogP contribution is -2.24.